The average molecular weight is 229 g/mol. The van der Waals surface area contributed by atoms with Crippen molar-refractivity contribution in [2.45, 2.75) is 26.2 Å². The molecule has 0 amide bonds. The lowest BCUT2D eigenvalue weighted by Gasteiger charge is -2.01. The summed E-state index contributed by atoms with van der Waals surface area (Å²) in [5.74, 6) is 2.56. The van der Waals surface area contributed by atoms with Gasteiger partial charge in [-0.3, -0.25) is 0 Å². The lowest BCUT2D eigenvalue weighted by Crippen LogP contribution is -1.89. The van der Waals surface area contributed by atoms with Crippen LogP contribution in [0, 0.1) is 12.8 Å². The monoisotopic (exact) mass is 229 g/mol. The third-order valence-electron chi connectivity index (χ3n) is 3.37. The topological polar surface area (TPSA) is 64.9 Å². The summed E-state index contributed by atoms with van der Waals surface area (Å²) in [6.45, 7) is 4.21. The fourth-order valence-electron chi connectivity index (χ4n) is 2.05. The Morgan fingerprint density at radius 3 is 2.88 bits per heavy atom. The van der Waals surface area contributed by atoms with E-state index in [0.717, 1.165) is 23.4 Å². The molecule has 0 aliphatic heterocycles. The largest absolute Gasteiger partial charge is 0.399 e. The van der Waals surface area contributed by atoms with E-state index < -0.39 is 0 Å². The second kappa shape index (κ2) is 3.58. The smallest absolute Gasteiger partial charge is 0.258 e. The SMILES string of the molecule is Cc1ccc(N)cc1-c1nc(C2CC2C)no1. The molecule has 1 aromatic heterocycles. The lowest BCUT2D eigenvalue weighted by atomic mass is 10.1. The van der Waals surface area contributed by atoms with Gasteiger partial charge in [-0.2, -0.15) is 4.98 Å². The van der Waals surface area contributed by atoms with E-state index in [1.807, 2.05) is 25.1 Å². The first-order chi connectivity index (χ1) is 8.15. The molecule has 1 fully saturated rings. The van der Waals surface area contributed by atoms with Crippen LogP contribution in [0.5, 0.6) is 0 Å². The summed E-state index contributed by atoms with van der Waals surface area (Å²) in [6.07, 6.45) is 1.16. The average Bonchev–Trinajstić information content (AvgIpc) is 2.85. The van der Waals surface area contributed by atoms with Gasteiger partial charge in [0.1, 0.15) is 0 Å². The number of anilines is 1. The molecule has 88 valence electrons. The fourth-order valence-corrected chi connectivity index (χ4v) is 2.05. The summed E-state index contributed by atoms with van der Waals surface area (Å²) in [4.78, 5) is 4.46. The third-order valence-corrected chi connectivity index (χ3v) is 3.37. The van der Waals surface area contributed by atoms with Gasteiger partial charge in [0.2, 0.25) is 0 Å². The highest BCUT2D eigenvalue weighted by Crippen LogP contribution is 2.45. The summed E-state index contributed by atoms with van der Waals surface area (Å²) in [5, 5.41) is 4.05. The molecule has 2 aromatic rings. The molecule has 17 heavy (non-hydrogen) atoms. The van der Waals surface area contributed by atoms with Crippen molar-refractivity contribution in [3.05, 3.63) is 29.6 Å². The van der Waals surface area contributed by atoms with Crippen LogP contribution in [0.15, 0.2) is 22.7 Å². The second-order valence-corrected chi connectivity index (χ2v) is 4.85. The van der Waals surface area contributed by atoms with Crippen molar-refractivity contribution in [3.8, 4) is 11.5 Å². The molecule has 0 bridgehead atoms. The molecule has 2 unspecified atom stereocenters. The van der Waals surface area contributed by atoms with Gasteiger partial charge in [-0.15, -0.1) is 0 Å². The predicted octanol–water partition coefficient (Wildman–Crippen LogP) is 2.75. The fraction of sp³-hybridized carbons (Fsp3) is 0.385. The standard InChI is InChI=1S/C13H15N3O/c1-7-3-4-9(14)6-11(7)13-15-12(16-17-13)10-5-8(10)2/h3-4,6,8,10H,5,14H2,1-2H3. The zero-order valence-electron chi connectivity index (χ0n) is 9.97. The Hall–Kier alpha value is -1.84. The lowest BCUT2D eigenvalue weighted by molar-refractivity contribution is 0.422. The van der Waals surface area contributed by atoms with E-state index in [1.54, 1.807) is 0 Å². The van der Waals surface area contributed by atoms with Crippen molar-refractivity contribution in [2.75, 3.05) is 5.73 Å². The minimum atomic E-state index is 0.480. The van der Waals surface area contributed by atoms with Crippen LogP contribution in [0.4, 0.5) is 5.69 Å². The van der Waals surface area contributed by atoms with Gasteiger partial charge in [-0.1, -0.05) is 18.1 Å². The maximum absolute atomic E-state index is 5.78. The Morgan fingerprint density at radius 2 is 2.18 bits per heavy atom. The van der Waals surface area contributed by atoms with Crippen LogP contribution < -0.4 is 5.73 Å². The van der Waals surface area contributed by atoms with Crippen molar-refractivity contribution in [1.82, 2.24) is 10.1 Å². The molecule has 0 spiro atoms. The highest BCUT2D eigenvalue weighted by molar-refractivity contribution is 5.63. The van der Waals surface area contributed by atoms with E-state index >= 15 is 0 Å². The number of benzene rings is 1. The van der Waals surface area contributed by atoms with Gasteiger partial charge in [-0.25, -0.2) is 0 Å². The first-order valence-corrected chi connectivity index (χ1v) is 5.85. The molecule has 1 aliphatic rings. The molecule has 1 saturated carbocycles. The van der Waals surface area contributed by atoms with Crippen LogP contribution in [0.2, 0.25) is 0 Å². The summed E-state index contributed by atoms with van der Waals surface area (Å²) in [7, 11) is 0. The van der Waals surface area contributed by atoms with E-state index in [1.165, 1.54) is 0 Å². The zero-order chi connectivity index (χ0) is 12.0. The molecule has 4 nitrogen and oxygen atoms in total. The number of nitrogens with two attached hydrogens (primary N) is 1. The molecular weight excluding hydrogens is 214 g/mol. The molecule has 1 aromatic carbocycles. The summed E-state index contributed by atoms with van der Waals surface area (Å²) in [5.41, 5.74) is 8.51. The molecule has 0 saturated heterocycles. The number of nitrogens with zero attached hydrogens (tertiary/aromatic N) is 2. The van der Waals surface area contributed by atoms with Gasteiger partial charge in [-0.05, 0) is 37.0 Å². The second-order valence-electron chi connectivity index (χ2n) is 4.85. The van der Waals surface area contributed by atoms with Gasteiger partial charge in [0.15, 0.2) is 5.82 Å². The van der Waals surface area contributed by atoms with Crippen LogP contribution in [0.1, 0.15) is 30.7 Å². The molecule has 1 aliphatic carbocycles. The summed E-state index contributed by atoms with van der Waals surface area (Å²) in [6, 6.07) is 5.72. The quantitative estimate of drug-likeness (QED) is 0.804. The summed E-state index contributed by atoms with van der Waals surface area (Å²) >= 11 is 0. The van der Waals surface area contributed by atoms with E-state index in [4.69, 9.17) is 10.3 Å². The van der Waals surface area contributed by atoms with E-state index in [0.29, 0.717) is 23.4 Å². The Kier molecular flexibility index (Phi) is 2.18. The van der Waals surface area contributed by atoms with Gasteiger partial charge in [0.05, 0.1) is 0 Å². The third kappa shape index (κ3) is 1.79. The van der Waals surface area contributed by atoms with Crippen molar-refractivity contribution in [1.29, 1.82) is 0 Å². The molecule has 4 heteroatoms. The van der Waals surface area contributed by atoms with Gasteiger partial charge < -0.3 is 10.3 Å². The van der Waals surface area contributed by atoms with Crippen molar-refractivity contribution in [2.24, 2.45) is 5.92 Å². The van der Waals surface area contributed by atoms with Gasteiger partial charge in [0.25, 0.3) is 5.89 Å². The molecule has 2 atom stereocenters. The molecule has 0 radical (unpaired) electrons. The highest BCUT2D eigenvalue weighted by atomic mass is 16.5. The zero-order valence-corrected chi connectivity index (χ0v) is 9.97. The Labute approximate surface area is 99.8 Å². The normalized spacial score (nSPS) is 22.7. The van der Waals surface area contributed by atoms with Crippen molar-refractivity contribution < 1.29 is 4.52 Å². The van der Waals surface area contributed by atoms with E-state index in [9.17, 15) is 0 Å². The molecule has 1 heterocycles. The number of hydrogen-bond acceptors (Lipinski definition) is 4. The maximum Gasteiger partial charge on any atom is 0.258 e. The maximum atomic E-state index is 5.78. The first kappa shape index (κ1) is 10.3. The Morgan fingerprint density at radius 1 is 1.41 bits per heavy atom. The predicted molar refractivity (Wildman–Crippen MR) is 65.4 cm³/mol. The van der Waals surface area contributed by atoms with E-state index in [-0.39, 0.29) is 0 Å². The highest BCUT2D eigenvalue weighted by Gasteiger charge is 2.38. The Balaban J connectivity index is 1.98. The number of aromatic nitrogens is 2. The summed E-state index contributed by atoms with van der Waals surface area (Å²) < 4.78 is 5.32. The minimum Gasteiger partial charge on any atom is -0.399 e. The van der Waals surface area contributed by atoms with Crippen LogP contribution in [-0.2, 0) is 0 Å². The molecular formula is C13H15N3O. The number of rotatable bonds is 2. The van der Waals surface area contributed by atoms with Crippen LogP contribution in [0.25, 0.3) is 11.5 Å². The molecule has 2 N–H and O–H groups in total. The van der Waals surface area contributed by atoms with E-state index in [2.05, 4.69) is 17.1 Å². The molecule has 3 rings (SSSR count). The Bertz CT molecular complexity index is 562. The van der Waals surface area contributed by atoms with Crippen LogP contribution in [0.3, 0.4) is 0 Å². The van der Waals surface area contributed by atoms with Crippen LogP contribution in [-0.4, -0.2) is 10.1 Å². The van der Waals surface area contributed by atoms with Gasteiger partial charge >= 0.3 is 0 Å². The van der Waals surface area contributed by atoms with Crippen LogP contribution >= 0.6 is 0 Å². The van der Waals surface area contributed by atoms with Gasteiger partial charge in [0, 0.05) is 17.2 Å². The number of hydrogen-bond donors (Lipinski definition) is 1. The number of aryl methyl sites for hydroxylation is 1. The first-order valence-electron chi connectivity index (χ1n) is 5.85. The number of nitrogen functional groups attached to an aromatic ring is 1. The van der Waals surface area contributed by atoms with Crippen molar-refractivity contribution in [3.63, 3.8) is 0 Å². The minimum absolute atomic E-state index is 0.480. The van der Waals surface area contributed by atoms with Crippen molar-refractivity contribution >= 4 is 5.69 Å².